The zero-order valence-electron chi connectivity index (χ0n) is 7.33. The lowest BCUT2D eigenvalue weighted by molar-refractivity contribution is -0.241. The maximum Gasteiger partial charge on any atom is 0.160 e. The predicted octanol–water partition coefficient (Wildman–Crippen LogP) is 1.67. The quantitative estimate of drug-likeness (QED) is 0.634. The Morgan fingerprint density at radius 3 is 2.00 bits per heavy atom. The second-order valence-electron chi connectivity index (χ2n) is 3.37. The zero-order valence-corrected chi connectivity index (χ0v) is 7.33. The second kappa shape index (κ2) is 4.21. The third-order valence-electron chi connectivity index (χ3n) is 2.33. The molecule has 2 rings (SSSR count). The van der Waals surface area contributed by atoms with Crippen molar-refractivity contribution in [2.75, 3.05) is 13.2 Å². The molecule has 0 saturated carbocycles. The molecule has 3 nitrogen and oxygen atoms in total. The Bertz CT molecular complexity index is 126. The van der Waals surface area contributed by atoms with Crippen LogP contribution in [0.25, 0.3) is 0 Å². The highest BCUT2D eigenvalue weighted by Gasteiger charge is 2.22. The molecular formula is C9H16O3. The molecule has 70 valence electrons. The smallest absolute Gasteiger partial charge is 0.160 e. The highest BCUT2D eigenvalue weighted by Crippen LogP contribution is 2.20. The minimum absolute atomic E-state index is 0.00171. The summed E-state index contributed by atoms with van der Waals surface area (Å²) < 4.78 is 16.4. The van der Waals surface area contributed by atoms with E-state index in [0.717, 1.165) is 32.5 Å². The molecule has 0 N–H and O–H groups in total. The minimum atomic E-state index is 0.00171. The van der Waals surface area contributed by atoms with Gasteiger partial charge in [-0.15, -0.1) is 0 Å². The van der Waals surface area contributed by atoms with Gasteiger partial charge in [-0.2, -0.15) is 0 Å². The van der Waals surface area contributed by atoms with Gasteiger partial charge in [0.1, 0.15) is 0 Å². The monoisotopic (exact) mass is 172 g/mol. The van der Waals surface area contributed by atoms with Gasteiger partial charge in [0.2, 0.25) is 0 Å². The number of hydrogen-bond acceptors (Lipinski definition) is 3. The molecule has 0 aromatic heterocycles. The number of rotatable bonds is 2. The van der Waals surface area contributed by atoms with E-state index in [2.05, 4.69) is 0 Å². The summed E-state index contributed by atoms with van der Waals surface area (Å²) >= 11 is 0. The van der Waals surface area contributed by atoms with Gasteiger partial charge in [-0.05, 0) is 25.7 Å². The SMILES string of the molecule is C1CC[C@@H](O[C@H]2CCCO2)OC1. The Hall–Kier alpha value is -0.120. The van der Waals surface area contributed by atoms with E-state index in [9.17, 15) is 0 Å². The van der Waals surface area contributed by atoms with Crippen LogP contribution in [0.4, 0.5) is 0 Å². The van der Waals surface area contributed by atoms with Gasteiger partial charge >= 0.3 is 0 Å². The number of hydrogen-bond donors (Lipinski definition) is 0. The van der Waals surface area contributed by atoms with Crippen molar-refractivity contribution < 1.29 is 14.2 Å². The maximum atomic E-state index is 5.61. The summed E-state index contributed by atoms with van der Waals surface area (Å²) in [4.78, 5) is 0. The fourth-order valence-electron chi connectivity index (χ4n) is 1.64. The van der Waals surface area contributed by atoms with Crippen LogP contribution in [0.15, 0.2) is 0 Å². The third kappa shape index (κ3) is 2.19. The van der Waals surface area contributed by atoms with Gasteiger partial charge in [0.25, 0.3) is 0 Å². The Balaban J connectivity index is 1.69. The fraction of sp³-hybridized carbons (Fsp3) is 1.00. The maximum absolute atomic E-state index is 5.61. The fourth-order valence-corrected chi connectivity index (χ4v) is 1.64. The molecule has 0 aliphatic carbocycles. The van der Waals surface area contributed by atoms with Gasteiger partial charge in [-0.25, -0.2) is 0 Å². The van der Waals surface area contributed by atoms with E-state index >= 15 is 0 Å². The van der Waals surface area contributed by atoms with Crippen LogP contribution < -0.4 is 0 Å². The lowest BCUT2D eigenvalue weighted by Crippen LogP contribution is -2.27. The first-order chi connectivity index (χ1) is 5.95. The van der Waals surface area contributed by atoms with Crippen LogP contribution in [-0.2, 0) is 14.2 Å². The molecule has 0 spiro atoms. The van der Waals surface area contributed by atoms with Gasteiger partial charge in [-0.1, -0.05) is 0 Å². The van der Waals surface area contributed by atoms with Crippen LogP contribution in [0.5, 0.6) is 0 Å². The molecule has 0 aromatic carbocycles. The number of ether oxygens (including phenoxy) is 3. The summed E-state index contributed by atoms with van der Waals surface area (Å²) in [6.45, 7) is 1.69. The molecule has 2 aliphatic heterocycles. The van der Waals surface area contributed by atoms with Crippen LogP contribution >= 0.6 is 0 Å². The molecule has 0 radical (unpaired) electrons. The topological polar surface area (TPSA) is 27.7 Å². The van der Waals surface area contributed by atoms with E-state index in [1.807, 2.05) is 0 Å². The van der Waals surface area contributed by atoms with Crippen molar-refractivity contribution >= 4 is 0 Å². The van der Waals surface area contributed by atoms with E-state index in [1.54, 1.807) is 0 Å². The van der Waals surface area contributed by atoms with Crippen LogP contribution in [0.1, 0.15) is 32.1 Å². The van der Waals surface area contributed by atoms with Gasteiger partial charge in [0.05, 0.1) is 0 Å². The van der Waals surface area contributed by atoms with Crippen molar-refractivity contribution in [3.8, 4) is 0 Å². The predicted molar refractivity (Wildman–Crippen MR) is 43.7 cm³/mol. The average molecular weight is 172 g/mol. The van der Waals surface area contributed by atoms with E-state index in [-0.39, 0.29) is 12.6 Å². The second-order valence-corrected chi connectivity index (χ2v) is 3.37. The van der Waals surface area contributed by atoms with Crippen molar-refractivity contribution in [3.05, 3.63) is 0 Å². The Kier molecular flexibility index (Phi) is 2.98. The van der Waals surface area contributed by atoms with Gasteiger partial charge in [0, 0.05) is 19.6 Å². The molecule has 2 saturated heterocycles. The summed E-state index contributed by atoms with van der Waals surface area (Å²) in [5.74, 6) is 0. The van der Waals surface area contributed by atoms with Crippen LogP contribution in [0.3, 0.4) is 0 Å². The molecule has 12 heavy (non-hydrogen) atoms. The highest BCUT2D eigenvalue weighted by molar-refractivity contribution is 4.59. The summed E-state index contributed by atoms with van der Waals surface area (Å²) in [6, 6.07) is 0. The summed E-state index contributed by atoms with van der Waals surface area (Å²) in [7, 11) is 0. The largest absolute Gasteiger partial charge is 0.353 e. The lowest BCUT2D eigenvalue weighted by atomic mass is 10.2. The summed E-state index contributed by atoms with van der Waals surface area (Å²) in [6.07, 6.45) is 5.58. The molecule has 2 fully saturated rings. The molecule has 2 aliphatic rings. The first-order valence-electron chi connectivity index (χ1n) is 4.84. The molecule has 0 unspecified atom stereocenters. The van der Waals surface area contributed by atoms with Crippen molar-refractivity contribution in [1.82, 2.24) is 0 Å². The van der Waals surface area contributed by atoms with E-state index in [1.165, 1.54) is 12.8 Å². The summed E-state index contributed by atoms with van der Waals surface area (Å²) in [5.41, 5.74) is 0. The van der Waals surface area contributed by atoms with E-state index in [0.29, 0.717) is 0 Å². The molecular weight excluding hydrogens is 156 g/mol. The van der Waals surface area contributed by atoms with Crippen molar-refractivity contribution in [2.24, 2.45) is 0 Å². The molecule has 3 heteroatoms. The van der Waals surface area contributed by atoms with Crippen molar-refractivity contribution in [2.45, 2.75) is 44.7 Å². The zero-order chi connectivity index (χ0) is 8.23. The third-order valence-corrected chi connectivity index (χ3v) is 2.33. The van der Waals surface area contributed by atoms with Crippen LogP contribution in [-0.4, -0.2) is 25.8 Å². The summed E-state index contributed by atoms with van der Waals surface area (Å²) in [5, 5.41) is 0. The average Bonchev–Trinajstić information content (AvgIpc) is 2.59. The van der Waals surface area contributed by atoms with Crippen LogP contribution in [0.2, 0.25) is 0 Å². The Morgan fingerprint density at radius 2 is 1.50 bits per heavy atom. The normalized spacial score (nSPS) is 37.0. The first-order valence-corrected chi connectivity index (χ1v) is 4.84. The van der Waals surface area contributed by atoms with E-state index < -0.39 is 0 Å². The molecule has 2 heterocycles. The van der Waals surface area contributed by atoms with Crippen molar-refractivity contribution in [1.29, 1.82) is 0 Å². The Morgan fingerprint density at radius 1 is 0.833 bits per heavy atom. The minimum Gasteiger partial charge on any atom is -0.353 e. The lowest BCUT2D eigenvalue weighted by Gasteiger charge is -2.25. The highest BCUT2D eigenvalue weighted by atomic mass is 16.8. The van der Waals surface area contributed by atoms with E-state index in [4.69, 9.17) is 14.2 Å². The molecule has 2 atom stereocenters. The Labute approximate surface area is 73.0 Å². The molecule has 0 aromatic rings. The van der Waals surface area contributed by atoms with Crippen molar-refractivity contribution in [3.63, 3.8) is 0 Å². The standard InChI is InChI=1S/C9H16O3/c1-2-6-10-8(4-1)12-9-5-3-7-11-9/h8-9H,1-7H2/t8-,9+/m1/s1. The van der Waals surface area contributed by atoms with Crippen LogP contribution in [0, 0.1) is 0 Å². The molecule has 0 bridgehead atoms. The molecule has 0 amide bonds. The van der Waals surface area contributed by atoms with Gasteiger partial charge in [0.15, 0.2) is 12.6 Å². The van der Waals surface area contributed by atoms with Gasteiger partial charge < -0.3 is 14.2 Å². The first kappa shape index (κ1) is 8.48. The van der Waals surface area contributed by atoms with Gasteiger partial charge in [-0.3, -0.25) is 0 Å².